The van der Waals surface area contributed by atoms with E-state index in [0.29, 0.717) is 0 Å². The van der Waals surface area contributed by atoms with Crippen LogP contribution in [0.5, 0.6) is 0 Å². The predicted molar refractivity (Wildman–Crippen MR) is 52.4 cm³/mol. The summed E-state index contributed by atoms with van der Waals surface area (Å²) in [4.78, 5) is 11.2. The fourth-order valence-electron chi connectivity index (χ4n) is 1.17. The largest absolute Gasteiger partial charge is 0.410 e. The normalized spacial score (nSPS) is 15.3. The fraction of sp³-hybridized carbons (Fsp3) is 0.750. The minimum atomic E-state index is -2.89. The van der Waals surface area contributed by atoms with E-state index in [9.17, 15) is 13.6 Å². The molecule has 0 aliphatic carbocycles. The van der Waals surface area contributed by atoms with Gasteiger partial charge in [0.15, 0.2) is 5.17 Å². The van der Waals surface area contributed by atoms with E-state index in [0.717, 1.165) is 0 Å². The van der Waals surface area contributed by atoms with Crippen LogP contribution in [0.4, 0.5) is 8.78 Å². The van der Waals surface area contributed by atoms with Gasteiger partial charge in [-0.1, -0.05) is 30.6 Å². The topological polar surface area (TPSA) is 61.7 Å². The average Bonchev–Trinajstić information content (AvgIpc) is 2.15. The van der Waals surface area contributed by atoms with E-state index in [4.69, 9.17) is 16.8 Å². The molecule has 0 radical (unpaired) electrons. The van der Waals surface area contributed by atoms with Crippen molar-refractivity contribution in [1.29, 1.82) is 0 Å². The Labute approximate surface area is 91.3 Å². The Morgan fingerprint density at radius 3 is 2.27 bits per heavy atom. The molecular weight excluding hydrogens is 230 g/mol. The lowest BCUT2D eigenvalue weighted by atomic mass is 9.79. The first-order valence-electron chi connectivity index (χ1n) is 4.16. The monoisotopic (exact) mass is 242 g/mol. The Kier molecular flexibility index (Phi) is 4.93. The van der Waals surface area contributed by atoms with Crippen LogP contribution in [0.25, 0.3) is 0 Å². The summed E-state index contributed by atoms with van der Waals surface area (Å²) in [6, 6.07) is 0. The van der Waals surface area contributed by atoms with Gasteiger partial charge in [0.25, 0.3) is 6.43 Å². The molecule has 1 atom stereocenters. The number of hydrogen-bond donors (Lipinski definition) is 2. The molecule has 15 heavy (non-hydrogen) atoms. The Hall–Kier alpha value is -0.910. The second kappa shape index (κ2) is 5.25. The van der Waals surface area contributed by atoms with Crippen LogP contribution < -0.4 is 5.32 Å². The van der Waals surface area contributed by atoms with Gasteiger partial charge in [0.1, 0.15) is 5.92 Å². The van der Waals surface area contributed by atoms with E-state index in [1.807, 2.05) is 0 Å². The van der Waals surface area contributed by atoms with Crippen molar-refractivity contribution in [1.82, 2.24) is 5.32 Å². The van der Waals surface area contributed by atoms with Gasteiger partial charge in [-0.2, -0.15) is 0 Å². The second-order valence-corrected chi connectivity index (χ2v) is 3.90. The lowest BCUT2D eigenvalue weighted by molar-refractivity contribution is -0.133. The van der Waals surface area contributed by atoms with Gasteiger partial charge >= 0.3 is 0 Å². The van der Waals surface area contributed by atoms with Crippen LogP contribution >= 0.6 is 11.6 Å². The molecule has 0 saturated heterocycles. The van der Waals surface area contributed by atoms with Gasteiger partial charge in [0, 0.05) is 12.5 Å². The highest BCUT2D eigenvalue weighted by molar-refractivity contribution is 6.66. The van der Waals surface area contributed by atoms with Gasteiger partial charge < -0.3 is 10.5 Å². The highest BCUT2D eigenvalue weighted by Crippen LogP contribution is 2.34. The molecule has 1 amide bonds. The zero-order valence-corrected chi connectivity index (χ0v) is 9.35. The number of hydrogen-bond acceptors (Lipinski definition) is 3. The van der Waals surface area contributed by atoms with Crippen LogP contribution in [-0.4, -0.2) is 29.8 Å². The van der Waals surface area contributed by atoms with Crippen LogP contribution in [0.1, 0.15) is 13.8 Å². The molecule has 0 heterocycles. The molecule has 88 valence electrons. The number of oxime groups is 1. The van der Waals surface area contributed by atoms with E-state index in [-0.39, 0.29) is 0 Å². The Bertz CT molecular complexity index is 269. The number of alkyl halides is 2. The van der Waals surface area contributed by atoms with E-state index in [1.54, 1.807) is 0 Å². The van der Waals surface area contributed by atoms with Crippen LogP contribution in [0, 0.1) is 11.3 Å². The molecule has 0 bridgehead atoms. The van der Waals surface area contributed by atoms with Gasteiger partial charge in [0.05, 0.1) is 0 Å². The number of rotatable bonds is 4. The summed E-state index contributed by atoms with van der Waals surface area (Å²) in [6.45, 7) is 2.61. The molecule has 0 aliphatic rings. The average molecular weight is 243 g/mol. The van der Waals surface area contributed by atoms with Crippen molar-refractivity contribution >= 4 is 22.7 Å². The molecule has 4 nitrogen and oxygen atoms in total. The van der Waals surface area contributed by atoms with Gasteiger partial charge in [-0.3, -0.25) is 4.79 Å². The Morgan fingerprint density at radius 1 is 1.53 bits per heavy atom. The zero-order chi connectivity index (χ0) is 12.2. The highest BCUT2D eigenvalue weighted by Gasteiger charge is 2.45. The molecule has 0 aliphatic heterocycles. The van der Waals surface area contributed by atoms with Gasteiger partial charge in [-0.15, -0.1) is 0 Å². The number of halogens is 3. The van der Waals surface area contributed by atoms with Crippen molar-refractivity contribution in [2.75, 3.05) is 7.05 Å². The smallest absolute Gasteiger partial charge is 0.251 e. The molecule has 0 aromatic rings. The van der Waals surface area contributed by atoms with Crippen molar-refractivity contribution in [3.8, 4) is 0 Å². The summed E-state index contributed by atoms with van der Waals surface area (Å²) in [5, 5.41) is 12.8. The lowest BCUT2D eigenvalue weighted by Crippen LogP contribution is -2.44. The summed E-state index contributed by atoms with van der Waals surface area (Å²) < 4.78 is 25.3. The van der Waals surface area contributed by atoms with Crippen molar-refractivity contribution in [2.24, 2.45) is 16.5 Å². The number of amides is 1. The van der Waals surface area contributed by atoms with Gasteiger partial charge in [-0.05, 0) is 0 Å². The summed E-state index contributed by atoms with van der Waals surface area (Å²) in [5.74, 6) is -2.51. The summed E-state index contributed by atoms with van der Waals surface area (Å²) >= 11 is 5.48. The first kappa shape index (κ1) is 14.1. The summed E-state index contributed by atoms with van der Waals surface area (Å²) in [5.41, 5.74) is -1.43. The van der Waals surface area contributed by atoms with Crippen molar-refractivity contribution in [3.63, 3.8) is 0 Å². The molecule has 1 unspecified atom stereocenters. The number of carbonyl (C=O) groups is 1. The van der Waals surface area contributed by atoms with Crippen LogP contribution in [-0.2, 0) is 4.79 Å². The molecule has 0 saturated carbocycles. The molecule has 0 aromatic carbocycles. The quantitative estimate of drug-likeness (QED) is 0.448. The molecule has 0 rings (SSSR count). The Morgan fingerprint density at radius 2 is 2.00 bits per heavy atom. The lowest BCUT2D eigenvalue weighted by Gasteiger charge is -2.30. The van der Waals surface area contributed by atoms with Crippen molar-refractivity contribution in [3.05, 3.63) is 0 Å². The third-order valence-corrected chi connectivity index (χ3v) is 2.74. The minimum absolute atomic E-state index is 0.434. The van der Waals surface area contributed by atoms with Crippen LogP contribution in [0.2, 0.25) is 0 Å². The van der Waals surface area contributed by atoms with Crippen LogP contribution in [0.3, 0.4) is 0 Å². The minimum Gasteiger partial charge on any atom is -0.410 e. The molecule has 2 N–H and O–H groups in total. The van der Waals surface area contributed by atoms with E-state index >= 15 is 0 Å². The fourth-order valence-corrected chi connectivity index (χ4v) is 1.29. The van der Waals surface area contributed by atoms with E-state index in [1.165, 1.54) is 20.9 Å². The second-order valence-electron chi connectivity index (χ2n) is 3.54. The first-order chi connectivity index (χ1) is 6.78. The summed E-state index contributed by atoms with van der Waals surface area (Å²) in [6.07, 6.45) is -2.89. The molecule has 0 fully saturated rings. The van der Waals surface area contributed by atoms with Crippen molar-refractivity contribution < 1.29 is 18.8 Å². The molecule has 0 spiro atoms. The molecule has 0 aromatic heterocycles. The van der Waals surface area contributed by atoms with Gasteiger partial charge in [-0.25, -0.2) is 8.78 Å². The SMILES string of the molecule is CNC(=O)C(C(F)F)C(C)(C)/C(Cl)=N/O. The number of carbonyl (C=O) groups excluding carboxylic acids is 1. The number of nitrogens with zero attached hydrogens (tertiary/aromatic N) is 1. The summed E-state index contributed by atoms with van der Waals surface area (Å²) in [7, 11) is 1.25. The third kappa shape index (κ3) is 3.02. The highest BCUT2D eigenvalue weighted by atomic mass is 35.5. The first-order valence-corrected chi connectivity index (χ1v) is 4.54. The maximum absolute atomic E-state index is 12.7. The Balaban J connectivity index is 5.16. The predicted octanol–water partition coefficient (Wildman–Crippen LogP) is 1.67. The van der Waals surface area contributed by atoms with E-state index < -0.39 is 28.8 Å². The van der Waals surface area contributed by atoms with Crippen molar-refractivity contribution in [2.45, 2.75) is 20.3 Å². The third-order valence-electron chi connectivity index (χ3n) is 2.18. The van der Waals surface area contributed by atoms with Gasteiger partial charge in [0.2, 0.25) is 5.91 Å². The number of nitrogens with one attached hydrogen (secondary N) is 1. The van der Waals surface area contributed by atoms with Crippen LogP contribution in [0.15, 0.2) is 5.16 Å². The maximum atomic E-state index is 12.7. The zero-order valence-electron chi connectivity index (χ0n) is 8.59. The standard InChI is InChI=1S/C8H13ClF2N2O2/c1-8(2,7(9)13-15)4(5(10)11)6(14)12-3/h4-5,15H,1-3H3,(H,12,14)/b13-7-. The molecular formula is C8H13ClF2N2O2. The maximum Gasteiger partial charge on any atom is 0.251 e. The van der Waals surface area contributed by atoms with E-state index in [2.05, 4.69) is 10.5 Å². The molecule has 7 heteroatoms.